The van der Waals surface area contributed by atoms with E-state index in [1.54, 1.807) is 13.1 Å². The van der Waals surface area contributed by atoms with Gasteiger partial charge in [0.1, 0.15) is 0 Å². The van der Waals surface area contributed by atoms with E-state index in [4.69, 9.17) is 5.73 Å². The molecule has 0 spiro atoms. The summed E-state index contributed by atoms with van der Waals surface area (Å²) in [5.41, 5.74) is 10.1. The lowest BCUT2D eigenvalue weighted by Crippen LogP contribution is -2.52. The average molecular weight is 489 g/mol. The van der Waals surface area contributed by atoms with Gasteiger partial charge < -0.3 is 31.5 Å². The molecule has 1 aliphatic heterocycles. The maximum Gasteiger partial charge on any atom is 0.319 e. The molecule has 0 aliphatic carbocycles. The molecule has 36 heavy (non-hydrogen) atoms. The van der Waals surface area contributed by atoms with Crippen molar-refractivity contribution in [2.75, 3.05) is 48.3 Å². The Morgan fingerprint density at radius 3 is 2.28 bits per heavy atom. The molecule has 2 heterocycles. The van der Waals surface area contributed by atoms with Crippen LogP contribution in [0.25, 0.3) is 11.3 Å². The molecule has 188 valence electrons. The zero-order valence-electron chi connectivity index (χ0n) is 20.6. The van der Waals surface area contributed by atoms with Gasteiger partial charge in [-0.25, -0.2) is 14.8 Å². The van der Waals surface area contributed by atoms with Crippen LogP contribution in [0.5, 0.6) is 0 Å². The van der Waals surface area contributed by atoms with Gasteiger partial charge >= 0.3 is 6.03 Å². The number of amides is 3. The second kappa shape index (κ2) is 11.5. The lowest BCUT2D eigenvalue weighted by molar-refractivity contribution is -0.132. The maximum absolute atomic E-state index is 12.1. The highest BCUT2D eigenvalue weighted by atomic mass is 16.2. The van der Waals surface area contributed by atoms with Crippen LogP contribution in [-0.2, 0) is 4.79 Å². The van der Waals surface area contributed by atoms with Crippen molar-refractivity contribution in [2.24, 2.45) is 5.73 Å². The molecule has 3 amide bonds. The number of nitrogens with zero attached hydrogens (tertiary/aromatic N) is 4. The Kier molecular flexibility index (Phi) is 7.96. The molecule has 10 nitrogen and oxygen atoms in total. The number of anilines is 4. The first-order chi connectivity index (χ1) is 17.4. The van der Waals surface area contributed by atoms with Gasteiger partial charge in [-0.05, 0) is 56.3 Å². The Labute approximate surface area is 210 Å². The number of carbonyl (C=O) groups excluding carboxylic acids is 2. The molecule has 1 saturated heterocycles. The van der Waals surface area contributed by atoms with Gasteiger partial charge in [0, 0.05) is 61.5 Å². The smallest absolute Gasteiger partial charge is 0.319 e. The summed E-state index contributed by atoms with van der Waals surface area (Å²) in [6.45, 7) is 7.05. The van der Waals surface area contributed by atoms with Gasteiger partial charge in [-0.1, -0.05) is 12.1 Å². The zero-order chi connectivity index (χ0) is 25.5. The number of piperazine rings is 1. The molecule has 1 aromatic heterocycles. The zero-order valence-corrected chi connectivity index (χ0v) is 20.6. The first-order valence-electron chi connectivity index (χ1n) is 12.1. The predicted molar refractivity (Wildman–Crippen MR) is 142 cm³/mol. The summed E-state index contributed by atoms with van der Waals surface area (Å²) in [6.07, 6.45) is 1.71. The predicted octanol–water partition coefficient (Wildman–Crippen LogP) is 3.02. The number of hydrogen-bond acceptors (Lipinski definition) is 7. The van der Waals surface area contributed by atoms with Crippen LogP contribution in [-0.4, -0.2) is 65.6 Å². The number of urea groups is 1. The van der Waals surface area contributed by atoms with Crippen LogP contribution in [0.2, 0.25) is 0 Å². The second-order valence-electron chi connectivity index (χ2n) is 8.60. The van der Waals surface area contributed by atoms with Gasteiger partial charge in [0.05, 0.1) is 11.7 Å². The average Bonchev–Trinajstić information content (AvgIpc) is 2.89. The van der Waals surface area contributed by atoms with Gasteiger partial charge in [0.2, 0.25) is 11.9 Å². The number of carbonyl (C=O) groups is 2. The van der Waals surface area contributed by atoms with E-state index in [1.807, 2.05) is 54.3 Å². The monoisotopic (exact) mass is 488 g/mol. The molecule has 1 atom stereocenters. The van der Waals surface area contributed by atoms with Gasteiger partial charge in [-0.3, -0.25) is 4.79 Å². The maximum atomic E-state index is 12.1. The minimum atomic E-state index is -0.460. The number of nitrogens with two attached hydrogens (primary N) is 1. The lowest BCUT2D eigenvalue weighted by Gasteiger charge is -2.36. The molecule has 10 heteroatoms. The normalized spacial score (nSPS) is 14.2. The van der Waals surface area contributed by atoms with Crippen LogP contribution in [0.4, 0.5) is 27.8 Å². The lowest BCUT2D eigenvalue weighted by atomic mass is 10.1. The molecule has 2 aromatic carbocycles. The molecular formula is C26H32N8O2. The third-order valence-electron chi connectivity index (χ3n) is 5.90. The van der Waals surface area contributed by atoms with Crippen molar-refractivity contribution < 1.29 is 9.59 Å². The van der Waals surface area contributed by atoms with Crippen LogP contribution in [0.15, 0.2) is 60.8 Å². The van der Waals surface area contributed by atoms with Crippen molar-refractivity contribution in [2.45, 2.75) is 19.9 Å². The quantitative estimate of drug-likeness (QED) is 0.402. The Hall–Kier alpha value is -4.18. The number of rotatable bonds is 7. The molecule has 1 aliphatic rings. The summed E-state index contributed by atoms with van der Waals surface area (Å²) in [6, 6.07) is 16.7. The summed E-state index contributed by atoms with van der Waals surface area (Å²) < 4.78 is 0. The standard InChI is InChI=1S/C26H32N8O2/c1-3-28-26(36)31-21-6-4-19(5-7-21)23-12-13-29-25(32-23)30-20-8-10-22(11-9-20)33-14-16-34(17-15-33)24(35)18(2)27/h4-13,18H,3,14-17,27H2,1-2H3,(H2,28,31,36)(H,29,30,32)/t18-/m0/s1. The van der Waals surface area contributed by atoms with Crippen molar-refractivity contribution >= 4 is 34.9 Å². The van der Waals surface area contributed by atoms with E-state index in [2.05, 4.69) is 43.0 Å². The molecular weight excluding hydrogens is 456 g/mol. The highest BCUT2D eigenvalue weighted by Gasteiger charge is 2.23. The van der Waals surface area contributed by atoms with E-state index in [9.17, 15) is 9.59 Å². The summed E-state index contributed by atoms with van der Waals surface area (Å²) in [5, 5.41) is 8.74. The van der Waals surface area contributed by atoms with Crippen molar-refractivity contribution in [1.29, 1.82) is 0 Å². The van der Waals surface area contributed by atoms with E-state index >= 15 is 0 Å². The molecule has 0 radical (unpaired) electrons. The van der Waals surface area contributed by atoms with Crippen LogP contribution in [0.3, 0.4) is 0 Å². The van der Waals surface area contributed by atoms with Gasteiger partial charge in [-0.2, -0.15) is 0 Å². The summed E-state index contributed by atoms with van der Waals surface area (Å²) in [4.78, 5) is 36.8. The SMILES string of the molecule is CCNC(=O)Nc1ccc(-c2ccnc(Nc3ccc(N4CCN(C(=O)[C@H](C)N)CC4)cc3)n2)cc1. The minimum Gasteiger partial charge on any atom is -0.368 e. The van der Waals surface area contributed by atoms with Gasteiger partial charge in [0.25, 0.3) is 0 Å². The number of benzene rings is 2. The fourth-order valence-corrected chi connectivity index (χ4v) is 4.00. The van der Waals surface area contributed by atoms with E-state index in [-0.39, 0.29) is 11.9 Å². The van der Waals surface area contributed by atoms with E-state index in [0.29, 0.717) is 31.3 Å². The number of aromatic nitrogens is 2. The number of hydrogen-bond donors (Lipinski definition) is 4. The van der Waals surface area contributed by atoms with Crippen LogP contribution in [0.1, 0.15) is 13.8 Å². The van der Waals surface area contributed by atoms with Gasteiger partial charge in [0.15, 0.2) is 0 Å². The third-order valence-corrected chi connectivity index (χ3v) is 5.90. The van der Waals surface area contributed by atoms with E-state index in [0.717, 1.165) is 35.7 Å². The molecule has 0 bridgehead atoms. The summed E-state index contributed by atoms with van der Waals surface area (Å²) in [7, 11) is 0. The van der Waals surface area contributed by atoms with Crippen LogP contribution >= 0.6 is 0 Å². The molecule has 5 N–H and O–H groups in total. The largest absolute Gasteiger partial charge is 0.368 e. The van der Waals surface area contributed by atoms with Crippen LogP contribution < -0.4 is 26.6 Å². The van der Waals surface area contributed by atoms with Crippen molar-refractivity contribution in [3.8, 4) is 11.3 Å². The first kappa shape index (κ1) is 24.9. The summed E-state index contributed by atoms with van der Waals surface area (Å²) in [5.74, 6) is 0.496. The molecule has 1 fully saturated rings. The molecule has 4 rings (SSSR count). The van der Waals surface area contributed by atoms with E-state index < -0.39 is 6.04 Å². The number of nitrogens with one attached hydrogen (secondary N) is 3. The topological polar surface area (TPSA) is 129 Å². The second-order valence-corrected chi connectivity index (χ2v) is 8.60. The Bertz CT molecular complexity index is 1170. The van der Waals surface area contributed by atoms with Crippen LogP contribution in [0, 0.1) is 0 Å². The van der Waals surface area contributed by atoms with Gasteiger partial charge in [-0.15, -0.1) is 0 Å². The Morgan fingerprint density at radius 2 is 1.64 bits per heavy atom. The van der Waals surface area contributed by atoms with Crippen molar-refractivity contribution in [3.05, 3.63) is 60.8 Å². The molecule has 0 unspecified atom stereocenters. The highest BCUT2D eigenvalue weighted by molar-refractivity contribution is 5.89. The van der Waals surface area contributed by atoms with Crippen molar-refractivity contribution in [3.63, 3.8) is 0 Å². The molecule has 3 aromatic rings. The van der Waals surface area contributed by atoms with Crippen molar-refractivity contribution in [1.82, 2.24) is 20.2 Å². The third kappa shape index (κ3) is 6.28. The Morgan fingerprint density at radius 1 is 0.972 bits per heavy atom. The first-order valence-corrected chi connectivity index (χ1v) is 12.1. The molecule has 0 saturated carbocycles. The fraction of sp³-hybridized carbons (Fsp3) is 0.308. The fourth-order valence-electron chi connectivity index (χ4n) is 4.00. The highest BCUT2D eigenvalue weighted by Crippen LogP contribution is 2.24. The Balaban J connectivity index is 1.36. The van der Waals surface area contributed by atoms with E-state index in [1.165, 1.54) is 0 Å². The summed E-state index contributed by atoms with van der Waals surface area (Å²) >= 11 is 0. The minimum absolute atomic E-state index is 0.00316.